The molecule has 0 spiro atoms. The maximum atomic E-state index is 9.81. The molecule has 0 aliphatic carbocycles. The van der Waals surface area contributed by atoms with Crippen LogP contribution in [0.5, 0.6) is 0 Å². The Morgan fingerprint density at radius 1 is 0.491 bits per heavy atom. The molecule has 15 nitrogen and oxygen atoms in total. The quantitative estimate of drug-likeness (QED) is 0.181. The molecule has 6 unspecified atom stereocenters. The number of carbonyl (C=O) groups is 1. The van der Waals surface area contributed by atoms with Crippen LogP contribution in [0.2, 0.25) is 0 Å². The minimum Gasteiger partial charge on any atom is -0.661 e. The Kier molecular flexibility index (Phi) is 32.8. The Labute approximate surface area is 342 Å². The zero-order chi connectivity index (χ0) is 38.8. The third kappa shape index (κ3) is 31.7. The van der Waals surface area contributed by atoms with E-state index >= 15 is 0 Å². The molecule has 0 aromatic carbocycles. The second-order valence-electron chi connectivity index (χ2n) is 16.3. The molecule has 7 N–H and O–H groups in total. The molecule has 2 rings (SSSR count). The Morgan fingerprint density at radius 3 is 0.849 bits per heavy atom. The molecular formula is C36H74N8Ni2O7-8. The van der Waals surface area contributed by atoms with Gasteiger partial charge in [0.1, 0.15) is 6.10 Å². The van der Waals surface area contributed by atoms with Crippen molar-refractivity contribution in [1.29, 1.82) is 0 Å². The third-order valence-corrected chi connectivity index (χ3v) is 8.38. The van der Waals surface area contributed by atoms with Crippen LogP contribution in [-0.2, 0) is 37.8 Å². The molecule has 0 bridgehead atoms. The van der Waals surface area contributed by atoms with E-state index in [0.717, 1.165) is 78.0 Å². The van der Waals surface area contributed by atoms with E-state index in [-0.39, 0.29) is 60.6 Å². The van der Waals surface area contributed by atoms with Gasteiger partial charge in [0.2, 0.25) is 0 Å². The van der Waals surface area contributed by atoms with Crippen molar-refractivity contribution in [3.05, 3.63) is 42.5 Å². The molecule has 0 amide bonds. The van der Waals surface area contributed by atoms with Crippen LogP contribution >= 0.6 is 0 Å². The Hall–Kier alpha value is -0.0630. The predicted molar refractivity (Wildman–Crippen MR) is 210 cm³/mol. The van der Waals surface area contributed by atoms with Crippen LogP contribution in [0.25, 0.3) is 42.5 Å². The van der Waals surface area contributed by atoms with Gasteiger partial charge in [-0.3, -0.25) is 0 Å². The molecule has 0 aromatic rings. The van der Waals surface area contributed by atoms with Crippen molar-refractivity contribution in [1.82, 2.24) is 0 Å². The summed E-state index contributed by atoms with van der Waals surface area (Å²) >= 11 is 0. The largest absolute Gasteiger partial charge is 0.661 e. The number of carboxylic acids is 1. The predicted octanol–water partition coefficient (Wildman–Crippen LogP) is 5.49. The fourth-order valence-corrected chi connectivity index (χ4v) is 6.24. The van der Waals surface area contributed by atoms with Gasteiger partial charge >= 0.3 is 5.97 Å². The summed E-state index contributed by atoms with van der Waals surface area (Å²) in [6.45, 7) is 32.9. The minimum atomic E-state index is -2.24. The summed E-state index contributed by atoms with van der Waals surface area (Å²) in [7, 11) is 0. The van der Waals surface area contributed by atoms with Crippen molar-refractivity contribution in [2.75, 3.05) is 52.4 Å². The van der Waals surface area contributed by atoms with Crippen LogP contribution in [-0.4, -0.2) is 154 Å². The summed E-state index contributed by atoms with van der Waals surface area (Å²) in [4.78, 5) is 9.81. The molecule has 0 radical (unpaired) electrons. The van der Waals surface area contributed by atoms with Crippen LogP contribution in [0.4, 0.5) is 0 Å². The summed E-state index contributed by atoms with van der Waals surface area (Å²) in [5.74, 6) is -1.71. The Balaban J connectivity index is -0.000000348. The van der Waals surface area contributed by atoms with E-state index in [1.165, 1.54) is 0 Å². The molecule has 328 valence electrons. The first-order chi connectivity index (χ1) is 22.9. The zero-order valence-corrected chi connectivity index (χ0v) is 36.4. The fraction of sp³-hybridized carbons (Fsp3) is 0.972. The SMILES string of the molecule is CC1CC(C)(C)[N-]CC[N-]C(C)CC(C)(C)[N-]CC[N-]1.CC1CC(C)(C)[N-]CC[N-]C(C)CC(C)(C)[N-]CC[N-]1.O.O=C(O)C(O)C(O)C(O)O.[Ni].[Ni]. The Bertz CT molecular complexity index is 811. The summed E-state index contributed by atoms with van der Waals surface area (Å²) < 4.78 is 0. The van der Waals surface area contributed by atoms with Gasteiger partial charge in [0.05, 0.1) is 0 Å². The summed E-state index contributed by atoms with van der Waals surface area (Å²) in [5.41, 5.74) is 0.00875. The first-order valence-electron chi connectivity index (χ1n) is 18.2. The molecule has 6 atom stereocenters. The standard InChI is InChI=1S/2C16H32N4.C4H8O6.2Ni.H2O/c2*1-13-11-15(3,4)19-10-8-18-14(2)12-16(5,6)20-9-7-17-13;5-1(3(7)8)2(6)4(9)10;;;/h2*13-14H,7-12H2,1-6H3;1-3,5-8H,(H,9,10);;;1H2/q2*-4;;;;. The van der Waals surface area contributed by atoms with Crippen LogP contribution in [0.3, 0.4) is 0 Å². The number of nitrogens with zero attached hydrogens (tertiary/aromatic N) is 8. The second-order valence-corrected chi connectivity index (χ2v) is 16.3. The minimum absolute atomic E-state index is 0. The van der Waals surface area contributed by atoms with Gasteiger partial charge in [0.25, 0.3) is 0 Å². The van der Waals surface area contributed by atoms with E-state index in [1.54, 1.807) is 0 Å². The van der Waals surface area contributed by atoms with Crippen molar-refractivity contribution >= 4 is 5.97 Å². The van der Waals surface area contributed by atoms with Gasteiger partial charge in [0.15, 0.2) is 12.4 Å². The van der Waals surface area contributed by atoms with E-state index in [4.69, 9.17) is 68.1 Å². The maximum Gasteiger partial charge on any atom is 0.335 e. The van der Waals surface area contributed by atoms with E-state index in [9.17, 15) is 4.79 Å². The van der Waals surface area contributed by atoms with Gasteiger partial charge in [0, 0.05) is 33.0 Å². The van der Waals surface area contributed by atoms with Crippen LogP contribution in [0.15, 0.2) is 0 Å². The van der Waals surface area contributed by atoms with Gasteiger partial charge in [-0.2, -0.15) is 52.4 Å². The van der Waals surface area contributed by atoms with Crippen molar-refractivity contribution < 1.29 is 68.8 Å². The van der Waals surface area contributed by atoms with Gasteiger partial charge in [-0.25, -0.2) is 4.79 Å². The molecule has 2 aliphatic rings. The van der Waals surface area contributed by atoms with Crippen molar-refractivity contribution in [2.24, 2.45) is 0 Å². The number of hydrogen-bond acceptors (Lipinski definition) is 5. The van der Waals surface area contributed by atoms with Crippen LogP contribution in [0, 0.1) is 0 Å². The number of rotatable bonds is 3. The number of aliphatic hydroxyl groups excluding tert-OH is 3. The third-order valence-electron chi connectivity index (χ3n) is 8.38. The average molecular weight is 848 g/mol. The second kappa shape index (κ2) is 29.2. The van der Waals surface area contributed by atoms with E-state index < -0.39 is 24.5 Å². The monoisotopic (exact) mass is 846 g/mol. The first-order valence-corrected chi connectivity index (χ1v) is 18.2. The molecular weight excluding hydrogens is 774 g/mol. The first kappa shape index (κ1) is 59.6. The molecule has 0 saturated carbocycles. The number of carboxylic acid groups (broad SMARTS) is 1. The average Bonchev–Trinajstić information content (AvgIpc) is 2.96. The van der Waals surface area contributed by atoms with Crippen molar-refractivity contribution in [3.63, 3.8) is 0 Å². The molecule has 2 aliphatic heterocycles. The van der Waals surface area contributed by atoms with E-state index in [0.29, 0.717) is 24.2 Å². The Morgan fingerprint density at radius 2 is 0.698 bits per heavy atom. The van der Waals surface area contributed by atoms with E-state index in [1.807, 2.05) is 0 Å². The van der Waals surface area contributed by atoms with Gasteiger partial charge < -0.3 is 73.5 Å². The summed E-state index contributed by atoms with van der Waals surface area (Å²) in [5, 5.41) is 79.1. The molecule has 2 fully saturated rings. The number of hydrogen-bond donors (Lipinski definition) is 5. The van der Waals surface area contributed by atoms with Crippen molar-refractivity contribution in [2.45, 2.75) is 174 Å². The fourth-order valence-electron chi connectivity index (χ4n) is 6.24. The normalized spacial score (nSPS) is 28.3. The summed E-state index contributed by atoms with van der Waals surface area (Å²) in [6.07, 6.45) is -2.46. The number of aliphatic carboxylic acids is 1. The maximum absolute atomic E-state index is 9.81. The van der Waals surface area contributed by atoms with Gasteiger partial charge in [-0.1, -0.05) is 109 Å². The molecule has 2 saturated heterocycles. The smallest absolute Gasteiger partial charge is 0.335 e. The zero-order valence-electron chi connectivity index (χ0n) is 34.4. The summed E-state index contributed by atoms with van der Waals surface area (Å²) in [6, 6.07) is 1.41. The molecule has 2 heterocycles. The molecule has 53 heavy (non-hydrogen) atoms. The van der Waals surface area contributed by atoms with Crippen LogP contribution < -0.4 is 0 Å². The molecule has 17 heteroatoms. The van der Waals surface area contributed by atoms with Crippen LogP contribution in [0.1, 0.15) is 109 Å². The van der Waals surface area contributed by atoms with E-state index in [2.05, 4.69) is 83.1 Å². The number of aliphatic hydroxyl groups is 4. The van der Waals surface area contributed by atoms with Gasteiger partial charge in [-0.05, 0) is 0 Å². The van der Waals surface area contributed by atoms with Gasteiger partial charge in [-0.15, -0.1) is 46.3 Å². The topological polar surface area (TPSA) is 263 Å². The molecule has 0 aromatic heterocycles. The van der Waals surface area contributed by atoms with Crippen molar-refractivity contribution in [3.8, 4) is 0 Å².